The largest absolute Gasteiger partial charge is 0.388 e. The zero-order valence-corrected chi connectivity index (χ0v) is 36.9. The van der Waals surface area contributed by atoms with Crippen LogP contribution >= 0.6 is 0 Å². The van der Waals surface area contributed by atoms with E-state index in [1.165, 1.54) is 18.1 Å². The van der Waals surface area contributed by atoms with Crippen LogP contribution in [0.1, 0.15) is 36.3 Å². The number of carbonyl (C=O) groups is 5. The number of aliphatic hydroxyl groups is 1. The van der Waals surface area contributed by atoms with Gasteiger partial charge in [0.1, 0.15) is 24.2 Å². The number of aromatic amines is 2. The Labute approximate surface area is 384 Å². The lowest BCUT2D eigenvalue weighted by Gasteiger charge is -2.33. The number of hydrogen-bond donors (Lipinski definition) is 9. The van der Waals surface area contributed by atoms with E-state index in [1.807, 2.05) is 97.1 Å². The Morgan fingerprint density at radius 2 is 1.52 bits per heavy atom. The van der Waals surface area contributed by atoms with Gasteiger partial charge in [0.05, 0.1) is 18.7 Å². The molecule has 19 nitrogen and oxygen atoms in total. The number of aromatic nitrogens is 3. The number of likely N-dealkylation sites (N-methyl/N-ethyl adjacent to an activating group) is 1. The molecule has 6 amide bonds. The van der Waals surface area contributed by atoms with Gasteiger partial charge in [-0.25, -0.2) is 9.59 Å². The third-order valence-corrected chi connectivity index (χ3v) is 11.9. The number of nitrogens with one attached hydrogen (secondary N) is 7. The number of para-hydroxylation sites is 1. The number of nitrogens with zero attached hydrogens (tertiary/aromatic N) is 2. The van der Waals surface area contributed by atoms with Crippen LogP contribution in [0.3, 0.4) is 0 Å². The van der Waals surface area contributed by atoms with Gasteiger partial charge < -0.3 is 52.0 Å². The second kappa shape index (κ2) is 21.6. The SMILES string of the molecule is CC(C(NC(=O)C(Cc1ccc2ccccc2c1)NC(=O)NC(Cc1c[nH]c2ccccc12)C(=O)NCc1ccccc1)C(=O)NC[C@H]1C[C@@H](O)[C@H](n2ccc(=O)[nH]c2=O)O1)N(C)C(=O)CN. The predicted molar refractivity (Wildman–Crippen MR) is 249 cm³/mol. The van der Waals surface area contributed by atoms with Crippen molar-refractivity contribution in [3.05, 3.63) is 153 Å². The fourth-order valence-corrected chi connectivity index (χ4v) is 8.12. The first kappa shape index (κ1) is 47.4. The highest BCUT2D eigenvalue weighted by molar-refractivity contribution is 5.94. The lowest BCUT2D eigenvalue weighted by molar-refractivity contribution is -0.136. The zero-order valence-electron chi connectivity index (χ0n) is 36.9. The van der Waals surface area contributed by atoms with E-state index in [0.29, 0.717) is 5.56 Å². The van der Waals surface area contributed by atoms with Crippen LogP contribution in [0.2, 0.25) is 0 Å². The number of benzene rings is 4. The second-order valence-electron chi connectivity index (χ2n) is 16.5. The zero-order chi connectivity index (χ0) is 47.6. The fraction of sp³-hybridized carbons (Fsp3) is 0.312. The van der Waals surface area contributed by atoms with Gasteiger partial charge in [-0.3, -0.25) is 33.5 Å². The summed E-state index contributed by atoms with van der Waals surface area (Å²) in [5.74, 6) is -2.50. The van der Waals surface area contributed by atoms with Crippen LogP contribution in [0.25, 0.3) is 21.7 Å². The lowest BCUT2D eigenvalue weighted by Crippen LogP contribution is -2.62. The van der Waals surface area contributed by atoms with Crippen LogP contribution < -0.4 is 43.6 Å². The average molecular weight is 915 g/mol. The van der Waals surface area contributed by atoms with E-state index in [0.717, 1.165) is 43.4 Å². The summed E-state index contributed by atoms with van der Waals surface area (Å²) in [5, 5.41) is 27.4. The molecule has 0 aliphatic carbocycles. The number of hydrogen-bond acceptors (Lipinski definition) is 10. The highest BCUT2D eigenvalue weighted by atomic mass is 16.5. The van der Waals surface area contributed by atoms with E-state index in [-0.39, 0.29) is 38.9 Å². The molecule has 1 fully saturated rings. The molecule has 1 saturated heterocycles. The maximum atomic E-state index is 14.6. The van der Waals surface area contributed by atoms with Crippen molar-refractivity contribution in [1.82, 2.24) is 46.0 Å². The van der Waals surface area contributed by atoms with Crippen LogP contribution in [0.15, 0.2) is 125 Å². The predicted octanol–water partition coefficient (Wildman–Crippen LogP) is 1.06. The minimum Gasteiger partial charge on any atom is -0.388 e. The molecule has 2 aromatic heterocycles. The van der Waals surface area contributed by atoms with Gasteiger partial charge in [0.15, 0.2) is 6.23 Å². The first-order valence-electron chi connectivity index (χ1n) is 21.9. The van der Waals surface area contributed by atoms with E-state index in [4.69, 9.17) is 10.5 Å². The van der Waals surface area contributed by atoms with Gasteiger partial charge in [-0.2, -0.15) is 0 Å². The summed E-state index contributed by atoms with van der Waals surface area (Å²) < 4.78 is 6.93. The molecule has 350 valence electrons. The average Bonchev–Trinajstić information content (AvgIpc) is 3.92. The number of amides is 6. The van der Waals surface area contributed by atoms with E-state index in [1.54, 1.807) is 13.1 Å². The Kier molecular flexibility index (Phi) is 15.3. The summed E-state index contributed by atoms with van der Waals surface area (Å²) in [6.45, 7) is 1.19. The second-order valence-corrected chi connectivity index (χ2v) is 16.5. The molecule has 0 bridgehead atoms. The maximum Gasteiger partial charge on any atom is 0.330 e. The van der Waals surface area contributed by atoms with E-state index in [9.17, 15) is 38.7 Å². The summed E-state index contributed by atoms with van der Waals surface area (Å²) in [5.41, 5.74) is 7.42. The number of urea groups is 1. The molecule has 19 heteroatoms. The van der Waals surface area contributed by atoms with Crippen molar-refractivity contribution in [3.63, 3.8) is 0 Å². The van der Waals surface area contributed by atoms with Gasteiger partial charge in [0, 0.05) is 68.8 Å². The number of fused-ring (bicyclic) bond motifs is 2. The van der Waals surface area contributed by atoms with Crippen molar-refractivity contribution in [2.45, 2.75) is 75.3 Å². The quantitative estimate of drug-likeness (QED) is 0.0592. The van der Waals surface area contributed by atoms with Crippen molar-refractivity contribution < 1.29 is 33.8 Å². The summed E-state index contributed by atoms with van der Waals surface area (Å²) in [4.78, 5) is 100. The van der Waals surface area contributed by atoms with Gasteiger partial charge in [-0.05, 0) is 40.5 Å². The third-order valence-electron chi connectivity index (χ3n) is 11.9. The molecule has 0 spiro atoms. The number of aliphatic hydroxyl groups excluding tert-OH is 1. The van der Waals surface area contributed by atoms with Crippen molar-refractivity contribution in [1.29, 1.82) is 0 Å². The van der Waals surface area contributed by atoms with Gasteiger partial charge in [-0.15, -0.1) is 0 Å². The third kappa shape index (κ3) is 11.8. The number of nitrogens with two attached hydrogens (primary N) is 1. The normalized spacial score (nSPS) is 17.5. The summed E-state index contributed by atoms with van der Waals surface area (Å²) >= 11 is 0. The van der Waals surface area contributed by atoms with Crippen molar-refractivity contribution >= 4 is 51.3 Å². The van der Waals surface area contributed by atoms with Gasteiger partial charge in [0.25, 0.3) is 5.56 Å². The molecule has 10 N–H and O–H groups in total. The maximum absolute atomic E-state index is 14.6. The van der Waals surface area contributed by atoms with Crippen LogP contribution in [0.5, 0.6) is 0 Å². The minimum atomic E-state index is -1.42. The Morgan fingerprint density at radius 3 is 2.27 bits per heavy atom. The highest BCUT2D eigenvalue weighted by Crippen LogP contribution is 2.27. The monoisotopic (exact) mass is 914 g/mol. The molecular formula is C48H54N10O9. The van der Waals surface area contributed by atoms with Crippen LogP contribution in [-0.2, 0) is 43.3 Å². The molecule has 67 heavy (non-hydrogen) atoms. The molecule has 0 radical (unpaired) electrons. The highest BCUT2D eigenvalue weighted by Gasteiger charge is 2.38. The fourth-order valence-electron chi connectivity index (χ4n) is 8.12. The van der Waals surface area contributed by atoms with Crippen molar-refractivity contribution in [3.8, 4) is 0 Å². The van der Waals surface area contributed by atoms with Gasteiger partial charge in [0.2, 0.25) is 23.6 Å². The number of ether oxygens (including phenoxy) is 1. The Bertz CT molecular complexity index is 2850. The lowest BCUT2D eigenvalue weighted by atomic mass is 10.00. The molecule has 0 saturated carbocycles. The van der Waals surface area contributed by atoms with Crippen molar-refractivity contribution in [2.75, 3.05) is 20.1 Å². The molecule has 1 aliphatic rings. The smallest absolute Gasteiger partial charge is 0.330 e. The van der Waals surface area contributed by atoms with Crippen LogP contribution in [-0.4, -0.2) is 111 Å². The minimum absolute atomic E-state index is 0.00704. The summed E-state index contributed by atoms with van der Waals surface area (Å²) in [6, 6.07) is 25.6. The Morgan fingerprint density at radius 1 is 0.821 bits per heavy atom. The van der Waals surface area contributed by atoms with Gasteiger partial charge in [-0.1, -0.05) is 91.0 Å². The molecule has 7 rings (SSSR count). The molecule has 7 atom stereocenters. The van der Waals surface area contributed by atoms with Crippen LogP contribution in [0.4, 0.5) is 4.79 Å². The van der Waals surface area contributed by atoms with Crippen molar-refractivity contribution in [2.24, 2.45) is 5.73 Å². The summed E-state index contributed by atoms with van der Waals surface area (Å²) in [7, 11) is 1.43. The van der Waals surface area contributed by atoms with E-state index in [2.05, 4.69) is 36.6 Å². The Balaban J connectivity index is 1.12. The first-order valence-corrected chi connectivity index (χ1v) is 21.9. The molecule has 1 aliphatic heterocycles. The number of H-pyrrole nitrogens is 2. The summed E-state index contributed by atoms with van der Waals surface area (Å²) in [6.07, 6.45) is -0.0810. The topological polar surface area (TPSA) is 275 Å². The van der Waals surface area contributed by atoms with Crippen LogP contribution in [0, 0.1) is 0 Å². The number of carbonyl (C=O) groups excluding carboxylic acids is 5. The molecule has 4 aromatic carbocycles. The standard InChI is InChI=1S/C48H54N10O9/c1-28(57(2)41(61)24-49)42(45(64)52-27-34-23-39(59)46(67-34)58-19-18-40(60)55-48(58)66)56-44(63)37(21-30-16-17-31-12-6-7-13-32(31)20-30)53-47(65)54-38(43(62)51-25-29-10-4-3-5-11-29)22-33-26-50-36-15-9-8-14-35(33)36/h3-20,26,28,34,37-39,42,46,50,59H,21-25,27,49H2,1-2H3,(H,51,62)(H,52,64)(H,56,63)(H2,53,54,65)(H,55,60,66)/t28?,34-,37?,38?,39-,42?,46-/m1/s1. The molecule has 4 unspecified atom stereocenters. The molecule has 6 aromatic rings. The Hall–Kier alpha value is -7.61. The number of rotatable bonds is 18. The van der Waals surface area contributed by atoms with E-state index >= 15 is 0 Å². The molecular weight excluding hydrogens is 861 g/mol. The molecule has 3 heterocycles. The first-order chi connectivity index (χ1) is 32.3. The van der Waals surface area contributed by atoms with E-state index < -0.39 is 83.5 Å². The van der Waals surface area contributed by atoms with Gasteiger partial charge >= 0.3 is 11.7 Å².